The van der Waals surface area contributed by atoms with Gasteiger partial charge in [0.2, 0.25) is 0 Å². The Hall–Kier alpha value is -1.35. The third-order valence-electron chi connectivity index (χ3n) is 1.53. The standard InChI is InChI=1S/C9H7NOS/c11-6-5-9-10-7-3-1-2-4-8(7)12-9/h1-6,11H. The van der Waals surface area contributed by atoms with Gasteiger partial charge in [-0.15, -0.1) is 11.3 Å². The van der Waals surface area contributed by atoms with Crippen LogP contribution >= 0.6 is 11.3 Å². The van der Waals surface area contributed by atoms with Gasteiger partial charge in [0.05, 0.1) is 16.5 Å². The molecule has 1 aromatic heterocycles. The molecule has 0 saturated carbocycles. The number of hydrogen-bond donors (Lipinski definition) is 1. The van der Waals surface area contributed by atoms with Gasteiger partial charge in [0.1, 0.15) is 5.01 Å². The highest BCUT2D eigenvalue weighted by atomic mass is 32.1. The molecular formula is C9H7NOS. The maximum absolute atomic E-state index is 8.53. The van der Waals surface area contributed by atoms with E-state index in [4.69, 9.17) is 5.11 Å². The zero-order valence-corrected chi connectivity index (χ0v) is 7.08. The summed E-state index contributed by atoms with van der Waals surface area (Å²) in [4.78, 5) is 4.27. The molecule has 0 radical (unpaired) electrons. The molecule has 0 aliphatic rings. The Labute approximate surface area is 73.8 Å². The molecule has 0 aliphatic heterocycles. The largest absolute Gasteiger partial charge is 0.515 e. The summed E-state index contributed by atoms with van der Waals surface area (Å²) in [5.74, 6) is 0. The fourth-order valence-electron chi connectivity index (χ4n) is 1.03. The van der Waals surface area contributed by atoms with Gasteiger partial charge >= 0.3 is 0 Å². The van der Waals surface area contributed by atoms with Gasteiger partial charge in [0, 0.05) is 6.08 Å². The second-order valence-electron chi connectivity index (χ2n) is 2.34. The molecule has 0 amide bonds. The van der Waals surface area contributed by atoms with E-state index < -0.39 is 0 Å². The van der Waals surface area contributed by atoms with Crippen LogP contribution in [0.3, 0.4) is 0 Å². The van der Waals surface area contributed by atoms with E-state index in [1.165, 1.54) is 0 Å². The summed E-state index contributed by atoms with van der Waals surface area (Å²) in [5.41, 5.74) is 0.982. The first-order chi connectivity index (χ1) is 5.90. The number of benzene rings is 1. The van der Waals surface area contributed by atoms with Crippen LogP contribution in [0.4, 0.5) is 0 Å². The number of aliphatic hydroxyl groups excluding tert-OH is 1. The first-order valence-electron chi connectivity index (χ1n) is 3.56. The molecule has 0 atom stereocenters. The molecule has 2 aromatic rings. The van der Waals surface area contributed by atoms with E-state index in [9.17, 15) is 0 Å². The molecule has 0 fully saturated rings. The molecule has 0 aliphatic carbocycles. The molecular weight excluding hydrogens is 170 g/mol. The van der Waals surface area contributed by atoms with E-state index in [0.717, 1.165) is 21.5 Å². The van der Waals surface area contributed by atoms with E-state index >= 15 is 0 Å². The summed E-state index contributed by atoms with van der Waals surface area (Å²) in [6, 6.07) is 7.91. The Kier molecular flexibility index (Phi) is 1.80. The molecule has 1 N–H and O–H groups in total. The van der Waals surface area contributed by atoms with Crippen molar-refractivity contribution in [1.82, 2.24) is 4.98 Å². The van der Waals surface area contributed by atoms with Crippen LogP contribution in [0.5, 0.6) is 0 Å². The Morgan fingerprint density at radius 1 is 1.33 bits per heavy atom. The van der Waals surface area contributed by atoms with Gasteiger partial charge in [0.15, 0.2) is 0 Å². The number of thiazole rings is 1. The van der Waals surface area contributed by atoms with Crippen molar-refractivity contribution in [3.05, 3.63) is 35.5 Å². The van der Waals surface area contributed by atoms with Crippen molar-refractivity contribution in [3.8, 4) is 0 Å². The molecule has 1 aromatic carbocycles. The predicted octanol–water partition coefficient (Wildman–Crippen LogP) is 2.83. The van der Waals surface area contributed by atoms with E-state index in [1.54, 1.807) is 17.4 Å². The summed E-state index contributed by atoms with van der Waals surface area (Å²) in [5, 5.41) is 9.36. The third kappa shape index (κ3) is 1.19. The lowest BCUT2D eigenvalue weighted by atomic mass is 10.3. The second-order valence-corrected chi connectivity index (χ2v) is 3.40. The minimum Gasteiger partial charge on any atom is -0.515 e. The molecule has 2 nitrogen and oxygen atoms in total. The van der Waals surface area contributed by atoms with E-state index in [-0.39, 0.29) is 0 Å². The van der Waals surface area contributed by atoms with Gasteiger partial charge in [-0.2, -0.15) is 0 Å². The number of hydrogen-bond acceptors (Lipinski definition) is 3. The third-order valence-corrected chi connectivity index (χ3v) is 2.53. The van der Waals surface area contributed by atoms with Crippen molar-refractivity contribution in [3.63, 3.8) is 0 Å². The zero-order valence-electron chi connectivity index (χ0n) is 6.27. The summed E-state index contributed by atoms with van der Waals surface area (Å²) in [7, 11) is 0. The summed E-state index contributed by atoms with van der Waals surface area (Å²) in [6.45, 7) is 0. The van der Waals surface area contributed by atoms with Gasteiger partial charge in [-0.25, -0.2) is 4.98 Å². The number of rotatable bonds is 1. The van der Waals surface area contributed by atoms with Crippen LogP contribution in [0.15, 0.2) is 30.5 Å². The average molecular weight is 177 g/mol. The summed E-state index contributed by atoms with van der Waals surface area (Å²) in [6.07, 6.45) is 2.60. The summed E-state index contributed by atoms with van der Waals surface area (Å²) >= 11 is 1.56. The summed E-state index contributed by atoms with van der Waals surface area (Å²) < 4.78 is 1.14. The second kappa shape index (κ2) is 2.95. The lowest BCUT2D eigenvalue weighted by Gasteiger charge is -1.80. The fourth-order valence-corrected chi connectivity index (χ4v) is 1.89. The van der Waals surface area contributed by atoms with Gasteiger partial charge < -0.3 is 5.11 Å². The number of aromatic nitrogens is 1. The lowest BCUT2D eigenvalue weighted by Crippen LogP contribution is -1.66. The van der Waals surface area contributed by atoms with Crippen molar-refractivity contribution in [2.24, 2.45) is 0 Å². The number of para-hydroxylation sites is 1. The maximum Gasteiger partial charge on any atom is 0.120 e. The topological polar surface area (TPSA) is 33.1 Å². The van der Waals surface area contributed by atoms with Gasteiger partial charge in [-0.1, -0.05) is 12.1 Å². The minimum absolute atomic E-state index is 0.832. The van der Waals surface area contributed by atoms with E-state index in [0.29, 0.717) is 0 Å². The van der Waals surface area contributed by atoms with Crippen molar-refractivity contribution in [2.45, 2.75) is 0 Å². The average Bonchev–Trinajstić information content (AvgIpc) is 2.47. The number of aliphatic hydroxyl groups is 1. The van der Waals surface area contributed by atoms with Gasteiger partial charge in [-0.05, 0) is 12.1 Å². The normalized spacial score (nSPS) is 11.3. The van der Waals surface area contributed by atoms with Gasteiger partial charge in [0.25, 0.3) is 0 Å². The highest BCUT2D eigenvalue weighted by molar-refractivity contribution is 7.19. The van der Waals surface area contributed by atoms with Gasteiger partial charge in [-0.3, -0.25) is 0 Å². The molecule has 0 unspecified atom stereocenters. The molecule has 12 heavy (non-hydrogen) atoms. The Morgan fingerprint density at radius 2 is 2.17 bits per heavy atom. The SMILES string of the molecule is OC=Cc1nc2ccccc2s1. The maximum atomic E-state index is 8.53. The molecule has 0 spiro atoms. The lowest BCUT2D eigenvalue weighted by molar-refractivity contribution is 0.478. The van der Waals surface area contributed by atoms with E-state index in [2.05, 4.69) is 4.98 Å². The molecule has 2 rings (SSSR count). The van der Waals surface area contributed by atoms with Crippen LogP contribution in [0.25, 0.3) is 16.3 Å². The van der Waals surface area contributed by atoms with E-state index in [1.807, 2.05) is 24.3 Å². The fraction of sp³-hybridized carbons (Fsp3) is 0. The highest BCUT2D eigenvalue weighted by Gasteiger charge is 1.98. The monoisotopic (exact) mass is 177 g/mol. The number of fused-ring (bicyclic) bond motifs is 1. The zero-order chi connectivity index (χ0) is 8.39. The molecule has 0 saturated heterocycles. The minimum atomic E-state index is 0.832. The van der Waals surface area contributed by atoms with Crippen molar-refractivity contribution >= 4 is 27.6 Å². The molecule has 3 heteroatoms. The van der Waals surface area contributed by atoms with Crippen molar-refractivity contribution < 1.29 is 5.11 Å². The van der Waals surface area contributed by atoms with Crippen LogP contribution < -0.4 is 0 Å². The highest BCUT2D eigenvalue weighted by Crippen LogP contribution is 2.21. The Balaban J connectivity index is 2.62. The van der Waals surface area contributed by atoms with Crippen LogP contribution in [0.1, 0.15) is 5.01 Å². The molecule has 60 valence electrons. The molecule has 1 heterocycles. The first kappa shape index (κ1) is 7.31. The Morgan fingerprint density at radius 3 is 2.92 bits per heavy atom. The molecule has 0 bridgehead atoms. The smallest absolute Gasteiger partial charge is 0.120 e. The van der Waals surface area contributed by atoms with Crippen molar-refractivity contribution in [1.29, 1.82) is 0 Å². The first-order valence-corrected chi connectivity index (χ1v) is 4.38. The predicted molar refractivity (Wildman–Crippen MR) is 51.3 cm³/mol. The van der Waals surface area contributed by atoms with Crippen LogP contribution in [0.2, 0.25) is 0 Å². The van der Waals surface area contributed by atoms with Crippen molar-refractivity contribution in [2.75, 3.05) is 0 Å². The van der Waals surface area contributed by atoms with Crippen LogP contribution in [-0.2, 0) is 0 Å². The number of nitrogens with zero attached hydrogens (tertiary/aromatic N) is 1. The Bertz CT molecular complexity index is 386. The quantitative estimate of drug-likeness (QED) is 0.679. The van der Waals surface area contributed by atoms with Crippen LogP contribution in [-0.4, -0.2) is 10.1 Å². The van der Waals surface area contributed by atoms with Crippen LogP contribution in [0, 0.1) is 0 Å².